The first-order valence-corrected chi connectivity index (χ1v) is 8.59. The Bertz CT molecular complexity index is 539. The van der Waals surface area contributed by atoms with E-state index in [0.717, 1.165) is 36.4 Å². The van der Waals surface area contributed by atoms with Crippen LogP contribution in [-0.2, 0) is 0 Å². The molecule has 2 rings (SSSR count). The van der Waals surface area contributed by atoms with Crippen LogP contribution < -0.4 is 5.73 Å². The molecule has 3 nitrogen and oxygen atoms in total. The number of carbonyl (C=O) groups excluding carboxylic acids is 1. The average Bonchev–Trinajstić information content (AvgIpc) is 3.01. The van der Waals surface area contributed by atoms with Crippen molar-refractivity contribution in [1.29, 1.82) is 0 Å². The van der Waals surface area contributed by atoms with Crippen LogP contribution in [0.25, 0.3) is 0 Å². The van der Waals surface area contributed by atoms with Gasteiger partial charge >= 0.3 is 0 Å². The van der Waals surface area contributed by atoms with E-state index in [1.54, 1.807) is 0 Å². The van der Waals surface area contributed by atoms with Crippen LogP contribution in [-0.4, -0.2) is 30.4 Å². The minimum Gasteiger partial charge on any atom is -0.339 e. The number of likely N-dealkylation sites (tertiary alicyclic amines) is 1. The largest absolute Gasteiger partial charge is 0.339 e. The minimum absolute atomic E-state index is 0.146. The molecule has 0 radical (unpaired) electrons. The van der Waals surface area contributed by atoms with E-state index in [2.05, 4.69) is 25.7 Å². The molecule has 0 saturated carbocycles. The molecule has 0 aliphatic carbocycles. The van der Waals surface area contributed by atoms with Crippen LogP contribution in [0.1, 0.15) is 54.8 Å². The number of hydrogen-bond acceptors (Lipinski definition) is 3. The number of amides is 1. The highest BCUT2D eigenvalue weighted by molar-refractivity contribution is 7.10. The summed E-state index contributed by atoms with van der Waals surface area (Å²) < 4.78 is 0. The van der Waals surface area contributed by atoms with Gasteiger partial charge in [-0.3, -0.25) is 4.79 Å². The summed E-state index contributed by atoms with van der Waals surface area (Å²) in [7, 11) is 0. The molecule has 1 aliphatic heterocycles. The number of carbonyl (C=O) groups is 1. The summed E-state index contributed by atoms with van der Waals surface area (Å²) in [6.07, 6.45) is 4.66. The molecule has 1 fully saturated rings. The fourth-order valence-corrected chi connectivity index (χ4v) is 3.72. The molecule has 2 N–H and O–H groups in total. The molecule has 1 saturated heterocycles. The van der Waals surface area contributed by atoms with Gasteiger partial charge in [-0.2, -0.15) is 0 Å². The highest BCUT2D eigenvalue weighted by Gasteiger charge is 2.33. The molecule has 0 unspecified atom stereocenters. The average molecular weight is 304 g/mol. The fourth-order valence-electron chi connectivity index (χ4n) is 2.98. The second-order valence-electron chi connectivity index (χ2n) is 5.70. The van der Waals surface area contributed by atoms with Crippen molar-refractivity contribution in [3.63, 3.8) is 0 Å². The second kappa shape index (κ2) is 7.11. The summed E-state index contributed by atoms with van der Waals surface area (Å²) in [6, 6.07) is 1.89. The molecule has 1 aromatic rings. The van der Waals surface area contributed by atoms with E-state index < -0.39 is 0 Å². The van der Waals surface area contributed by atoms with E-state index in [4.69, 9.17) is 5.73 Å². The third kappa shape index (κ3) is 3.66. The van der Waals surface area contributed by atoms with Crippen molar-refractivity contribution < 1.29 is 4.79 Å². The van der Waals surface area contributed by atoms with Gasteiger partial charge in [0.1, 0.15) is 0 Å². The lowest BCUT2D eigenvalue weighted by molar-refractivity contribution is 0.0558. The lowest BCUT2D eigenvalue weighted by Crippen LogP contribution is -2.42. The van der Waals surface area contributed by atoms with Gasteiger partial charge < -0.3 is 10.6 Å². The minimum atomic E-state index is 0.146. The SMILES string of the molecule is CCC1(CC)CCN(C(=O)c2csc(C#CCN)c2)CC1. The first-order valence-electron chi connectivity index (χ1n) is 7.71. The topological polar surface area (TPSA) is 46.3 Å². The Morgan fingerprint density at radius 1 is 1.38 bits per heavy atom. The number of hydrogen-bond donors (Lipinski definition) is 1. The van der Waals surface area contributed by atoms with E-state index in [9.17, 15) is 4.79 Å². The predicted octanol–water partition coefficient (Wildman–Crippen LogP) is 3.10. The van der Waals surface area contributed by atoms with Crippen LogP contribution in [0.4, 0.5) is 0 Å². The van der Waals surface area contributed by atoms with Crippen molar-refractivity contribution in [1.82, 2.24) is 4.90 Å². The standard InChI is InChI=1S/C17H24N2OS/c1-3-17(4-2)7-10-19(11-8-17)16(20)14-12-15(21-13-14)6-5-9-18/h12-13H,3-4,7-11,18H2,1-2H3. The van der Waals surface area contributed by atoms with E-state index >= 15 is 0 Å². The van der Waals surface area contributed by atoms with Crippen molar-refractivity contribution >= 4 is 17.2 Å². The number of thiophene rings is 1. The number of nitrogens with zero attached hydrogens (tertiary/aromatic N) is 1. The van der Waals surface area contributed by atoms with Crippen molar-refractivity contribution in [2.24, 2.45) is 11.1 Å². The normalized spacial score (nSPS) is 17.2. The third-order valence-electron chi connectivity index (χ3n) is 4.77. The predicted molar refractivity (Wildman–Crippen MR) is 88.4 cm³/mol. The van der Waals surface area contributed by atoms with Gasteiger partial charge in [-0.1, -0.05) is 38.5 Å². The highest BCUT2D eigenvalue weighted by Crippen LogP contribution is 2.38. The van der Waals surface area contributed by atoms with Gasteiger partial charge in [-0.05, 0) is 24.3 Å². The molecule has 1 amide bonds. The van der Waals surface area contributed by atoms with Crippen molar-refractivity contribution in [2.75, 3.05) is 19.6 Å². The zero-order valence-electron chi connectivity index (χ0n) is 12.9. The van der Waals surface area contributed by atoms with Crippen molar-refractivity contribution in [3.8, 4) is 11.8 Å². The zero-order chi connectivity index (χ0) is 15.3. The number of rotatable bonds is 3. The van der Waals surface area contributed by atoms with Crippen molar-refractivity contribution in [2.45, 2.75) is 39.5 Å². The maximum absolute atomic E-state index is 12.5. The van der Waals surface area contributed by atoms with E-state index in [-0.39, 0.29) is 5.91 Å². The third-order valence-corrected chi connectivity index (χ3v) is 5.62. The molecule has 1 aliphatic rings. The van der Waals surface area contributed by atoms with Crippen molar-refractivity contribution in [3.05, 3.63) is 21.9 Å². The van der Waals surface area contributed by atoms with Crippen LogP contribution in [0.3, 0.4) is 0 Å². The highest BCUT2D eigenvalue weighted by atomic mass is 32.1. The van der Waals surface area contributed by atoms with Gasteiger partial charge in [-0.25, -0.2) is 0 Å². The number of piperidine rings is 1. The molecular formula is C17H24N2OS. The van der Waals surface area contributed by atoms with Gasteiger partial charge in [0, 0.05) is 18.5 Å². The van der Waals surface area contributed by atoms with Crippen LogP contribution in [0.15, 0.2) is 11.4 Å². The van der Waals surface area contributed by atoms with E-state index in [1.165, 1.54) is 24.2 Å². The molecule has 4 heteroatoms. The zero-order valence-corrected chi connectivity index (χ0v) is 13.8. The summed E-state index contributed by atoms with van der Waals surface area (Å²) in [5, 5.41) is 1.91. The Hall–Kier alpha value is -1.31. The molecule has 114 valence electrons. The van der Waals surface area contributed by atoms with Crippen LogP contribution >= 0.6 is 11.3 Å². The second-order valence-corrected chi connectivity index (χ2v) is 6.62. The Labute approximate surface area is 131 Å². The molecule has 0 atom stereocenters. The van der Waals surface area contributed by atoms with Gasteiger partial charge in [0.25, 0.3) is 5.91 Å². The maximum Gasteiger partial charge on any atom is 0.254 e. The van der Waals surface area contributed by atoms with Crippen LogP contribution in [0.2, 0.25) is 0 Å². The fraction of sp³-hybridized carbons (Fsp3) is 0.588. The quantitative estimate of drug-likeness (QED) is 0.872. The maximum atomic E-state index is 12.5. The summed E-state index contributed by atoms with van der Waals surface area (Å²) >= 11 is 1.51. The lowest BCUT2D eigenvalue weighted by atomic mass is 9.74. The Morgan fingerprint density at radius 3 is 2.62 bits per heavy atom. The van der Waals surface area contributed by atoms with Gasteiger partial charge in [-0.15, -0.1) is 11.3 Å². The van der Waals surface area contributed by atoms with E-state index in [0.29, 0.717) is 12.0 Å². The van der Waals surface area contributed by atoms with Crippen LogP contribution in [0, 0.1) is 17.3 Å². The Morgan fingerprint density at radius 2 is 2.05 bits per heavy atom. The summed E-state index contributed by atoms with van der Waals surface area (Å²) in [6.45, 7) is 6.63. The first-order chi connectivity index (χ1) is 10.1. The summed E-state index contributed by atoms with van der Waals surface area (Å²) in [5.74, 6) is 5.96. The molecule has 21 heavy (non-hydrogen) atoms. The molecule has 0 aromatic carbocycles. The lowest BCUT2D eigenvalue weighted by Gasteiger charge is -2.41. The van der Waals surface area contributed by atoms with Gasteiger partial charge in [0.05, 0.1) is 17.0 Å². The van der Waals surface area contributed by atoms with Gasteiger partial charge in [0.2, 0.25) is 0 Å². The monoisotopic (exact) mass is 304 g/mol. The Kier molecular flexibility index (Phi) is 5.44. The molecule has 0 spiro atoms. The number of nitrogens with two attached hydrogens (primary N) is 1. The molecule has 0 bridgehead atoms. The van der Waals surface area contributed by atoms with E-state index in [1.807, 2.05) is 16.3 Å². The summed E-state index contributed by atoms with van der Waals surface area (Å²) in [4.78, 5) is 15.4. The first kappa shape index (κ1) is 16.1. The Balaban J connectivity index is 2.00. The van der Waals surface area contributed by atoms with Gasteiger partial charge in [0.15, 0.2) is 0 Å². The smallest absolute Gasteiger partial charge is 0.254 e. The molecular weight excluding hydrogens is 280 g/mol. The molecule has 2 heterocycles. The molecule has 1 aromatic heterocycles. The summed E-state index contributed by atoms with van der Waals surface area (Å²) in [5.41, 5.74) is 6.58. The van der Waals surface area contributed by atoms with Crippen LogP contribution in [0.5, 0.6) is 0 Å².